The molecule has 0 unspecified atom stereocenters. The molecule has 1 amide bonds. The third kappa shape index (κ3) is 4.14. The van der Waals surface area contributed by atoms with Crippen LogP contribution < -0.4 is 15.8 Å². The lowest BCUT2D eigenvalue weighted by molar-refractivity contribution is 0.0926. The minimum atomic E-state index is -0.0588. The molecule has 1 heterocycles. The summed E-state index contributed by atoms with van der Waals surface area (Å²) < 4.78 is 6.92. The smallest absolute Gasteiger partial charge is 0.254 e. The third-order valence-electron chi connectivity index (χ3n) is 4.51. The van der Waals surface area contributed by atoms with Crippen molar-refractivity contribution in [2.75, 3.05) is 7.11 Å². The van der Waals surface area contributed by atoms with E-state index in [1.807, 2.05) is 24.3 Å². The highest BCUT2D eigenvalue weighted by molar-refractivity contribution is 5.93. The second kappa shape index (κ2) is 7.49. The van der Waals surface area contributed by atoms with Crippen LogP contribution in [0.15, 0.2) is 36.7 Å². The van der Waals surface area contributed by atoms with Gasteiger partial charge in [-0.1, -0.05) is 12.1 Å². The fourth-order valence-corrected chi connectivity index (χ4v) is 3.02. The Labute approximate surface area is 142 Å². The van der Waals surface area contributed by atoms with Gasteiger partial charge in [-0.3, -0.25) is 9.48 Å². The Kier molecular flexibility index (Phi) is 5.15. The van der Waals surface area contributed by atoms with E-state index >= 15 is 0 Å². The molecule has 3 N–H and O–H groups in total. The van der Waals surface area contributed by atoms with Crippen molar-refractivity contribution in [3.63, 3.8) is 0 Å². The number of carbonyl (C=O) groups excluding carboxylic acids is 1. The summed E-state index contributed by atoms with van der Waals surface area (Å²) in [6.07, 6.45) is 7.25. The minimum absolute atomic E-state index is 0.0588. The van der Waals surface area contributed by atoms with Gasteiger partial charge in [-0.25, -0.2) is 0 Å². The van der Waals surface area contributed by atoms with Crippen molar-refractivity contribution in [2.24, 2.45) is 5.73 Å². The molecule has 0 radical (unpaired) electrons. The Morgan fingerprint density at radius 2 is 2.00 bits per heavy atom. The highest BCUT2D eigenvalue weighted by Crippen LogP contribution is 2.17. The number of benzene rings is 1. The van der Waals surface area contributed by atoms with Crippen LogP contribution in [0.25, 0.3) is 0 Å². The first-order chi connectivity index (χ1) is 11.6. The Morgan fingerprint density at radius 1 is 1.29 bits per heavy atom. The summed E-state index contributed by atoms with van der Waals surface area (Å²) in [5, 5.41) is 7.37. The molecular weight excluding hydrogens is 304 g/mol. The average molecular weight is 328 g/mol. The van der Waals surface area contributed by atoms with E-state index < -0.39 is 0 Å². The first kappa shape index (κ1) is 16.5. The van der Waals surface area contributed by atoms with Crippen molar-refractivity contribution in [1.82, 2.24) is 15.1 Å². The first-order valence-electron chi connectivity index (χ1n) is 8.36. The van der Waals surface area contributed by atoms with Gasteiger partial charge in [0.1, 0.15) is 5.75 Å². The van der Waals surface area contributed by atoms with Gasteiger partial charge in [-0.15, -0.1) is 0 Å². The topological polar surface area (TPSA) is 82.2 Å². The number of methoxy groups -OCH3 is 1. The van der Waals surface area contributed by atoms with E-state index in [9.17, 15) is 4.79 Å². The standard InChI is InChI=1S/C18H24N4O2/c1-24-17-8-2-13(3-9-17)11-22-12-14(10-20-22)18(23)21-16-6-4-15(19)5-7-16/h2-3,8-10,12,15-16H,4-7,11,19H2,1H3,(H,21,23). The number of amides is 1. The van der Waals surface area contributed by atoms with Crippen LogP contribution in [0.3, 0.4) is 0 Å². The summed E-state index contributed by atoms with van der Waals surface area (Å²) in [6, 6.07) is 8.32. The number of nitrogens with one attached hydrogen (secondary N) is 1. The maximum atomic E-state index is 12.3. The fourth-order valence-electron chi connectivity index (χ4n) is 3.02. The monoisotopic (exact) mass is 328 g/mol. The number of aromatic nitrogens is 2. The van der Waals surface area contributed by atoms with Crippen molar-refractivity contribution in [3.8, 4) is 5.75 Å². The number of ether oxygens (including phenoxy) is 1. The quantitative estimate of drug-likeness (QED) is 0.879. The zero-order chi connectivity index (χ0) is 16.9. The van der Waals surface area contributed by atoms with Crippen LogP contribution in [-0.2, 0) is 6.54 Å². The summed E-state index contributed by atoms with van der Waals surface area (Å²) in [7, 11) is 1.65. The lowest BCUT2D eigenvalue weighted by atomic mass is 9.92. The van der Waals surface area contributed by atoms with Crippen molar-refractivity contribution in [1.29, 1.82) is 0 Å². The highest BCUT2D eigenvalue weighted by atomic mass is 16.5. The first-order valence-corrected chi connectivity index (χ1v) is 8.36. The number of hydrogen-bond donors (Lipinski definition) is 2. The van der Waals surface area contributed by atoms with Crippen molar-refractivity contribution >= 4 is 5.91 Å². The number of hydrogen-bond acceptors (Lipinski definition) is 4. The molecule has 1 aliphatic carbocycles. The summed E-state index contributed by atoms with van der Waals surface area (Å²) >= 11 is 0. The van der Waals surface area contributed by atoms with Crippen molar-refractivity contribution in [2.45, 2.75) is 44.3 Å². The van der Waals surface area contributed by atoms with E-state index in [1.54, 1.807) is 24.2 Å². The van der Waals surface area contributed by atoms with Crippen molar-refractivity contribution < 1.29 is 9.53 Å². The molecule has 0 aliphatic heterocycles. The molecule has 24 heavy (non-hydrogen) atoms. The number of rotatable bonds is 5. The van der Waals surface area contributed by atoms with Gasteiger partial charge in [-0.2, -0.15) is 5.10 Å². The number of nitrogens with two attached hydrogens (primary N) is 1. The number of nitrogens with zero attached hydrogens (tertiary/aromatic N) is 2. The lowest BCUT2D eigenvalue weighted by Crippen LogP contribution is -2.40. The molecular formula is C18H24N4O2. The molecule has 3 rings (SSSR count). The van der Waals surface area contributed by atoms with E-state index in [4.69, 9.17) is 10.5 Å². The number of carbonyl (C=O) groups is 1. The van der Waals surface area contributed by atoms with E-state index in [1.165, 1.54) is 0 Å². The molecule has 6 nitrogen and oxygen atoms in total. The van der Waals surface area contributed by atoms with E-state index in [2.05, 4.69) is 10.4 Å². The molecule has 128 valence electrons. The molecule has 1 saturated carbocycles. The van der Waals surface area contributed by atoms with Crippen molar-refractivity contribution in [3.05, 3.63) is 47.8 Å². The van der Waals surface area contributed by atoms with Crippen LogP contribution in [0.2, 0.25) is 0 Å². The fraction of sp³-hybridized carbons (Fsp3) is 0.444. The summed E-state index contributed by atoms with van der Waals surface area (Å²) in [6.45, 7) is 0.621. The highest BCUT2D eigenvalue weighted by Gasteiger charge is 2.21. The van der Waals surface area contributed by atoms with Crippen LogP contribution >= 0.6 is 0 Å². The Morgan fingerprint density at radius 3 is 2.67 bits per heavy atom. The predicted molar refractivity (Wildman–Crippen MR) is 92.0 cm³/mol. The van der Waals surface area contributed by atoms with Crippen LogP contribution in [0, 0.1) is 0 Å². The zero-order valence-electron chi connectivity index (χ0n) is 13.9. The largest absolute Gasteiger partial charge is 0.497 e. The second-order valence-corrected chi connectivity index (χ2v) is 6.36. The molecule has 0 spiro atoms. The van der Waals surface area contributed by atoms with E-state index in [-0.39, 0.29) is 18.0 Å². The van der Waals surface area contributed by atoms with Gasteiger partial charge < -0.3 is 15.8 Å². The molecule has 0 bridgehead atoms. The van der Waals surface area contributed by atoms with Gasteiger partial charge in [0.05, 0.1) is 25.4 Å². The minimum Gasteiger partial charge on any atom is -0.497 e. The molecule has 1 aromatic carbocycles. The van der Waals surface area contributed by atoms with Gasteiger partial charge in [-0.05, 0) is 43.4 Å². The van der Waals surface area contributed by atoms with Gasteiger partial charge in [0, 0.05) is 18.3 Å². The molecule has 2 aromatic rings. The SMILES string of the molecule is COc1ccc(Cn2cc(C(=O)NC3CCC(N)CC3)cn2)cc1. The van der Waals surface area contributed by atoms with Crippen LogP contribution in [0.5, 0.6) is 5.75 Å². The second-order valence-electron chi connectivity index (χ2n) is 6.36. The normalized spacial score (nSPS) is 20.6. The maximum Gasteiger partial charge on any atom is 0.254 e. The molecule has 1 aromatic heterocycles. The van der Waals surface area contributed by atoms with E-state index in [0.29, 0.717) is 12.1 Å². The third-order valence-corrected chi connectivity index (χ3v) is 4.51. The van der Waals surface area contributed by atoms with Crippen LogP contribution in [-0.4, -0.2) is 34.9 Å². The summed E-state index contributed by atoms with van der Waals surface area (Å²) in [5.41, 5.74) is 7.60. The Hall–Kier alpha value is -2.34. The summed E-state index contributed by atoms with van der Waals surface area (Å²) in [5.74, 6) is 0.767. The van der Waals surface area contributed by atoms with Gasteiger partial charge >= 0.3 is 0 Å². The lowest BCUT2D eigenvalue weighted by Gasteiger charge is -2.26. The molecule has 0 saturated heterocycles. The average Bonchev–Trinajstić information content (AvgIpc) is 3.06. The maximum absolute atomic E-state index is 12.3. The Bertz CT molecular complexity index is 673. The van der Waals surface area contributed by atoms with E-state index in [0.717, 1.165) is 37.0 Å². The molecule has 0 atom stereocenters. The molecule has 1 aliphatic rings. The van der Waals surface area contributed by atoms with Crippen LogP contribution in [0.4, 0.5) is 0 Å². The van der Waals surface area contributed by atoms with Crippen LogP contribution in [0.1, 0.15) is 41.6 Å². The zero-order valence-corrected chi connectivity index (χ0v) is 13.9. The van der Waals surface area contributed by atoms with Gasteiger partial charge in [0.25, 0.3) is 5.91 Å². The van der Waals surface area contributed by atoms with Gasteiger partial charge in [0.15, 0.2) is 0 Å². The Balaban J connectivity index is 1.57. The predicted octanol–water partition coefficient (Wildman–Crippen LogP) is 1.94. The molecule has 6 heteroatoms. The molecule has 1 fully saturated rings. The van der Waals surface area contributed by atoms with Gasteiger partial charge in [0.2, 0.25) is 0 Å². The summed E-state index contributed by atoms with van der Waals surface area (Å²) in [4.78, 5) is 12.3.